The molecule has 0 amide bonds. The molecule has 0 aliphatic carbocycles. The number of nitrogens with zero attached hydrogens (tertiary/aromatic N) is 2. The van der Waals surface area contributed by atoms with Gasteiger partial charge in [0.15, 0.2) is 0 Å². The van der Waals surface area contributed by atoms with E-state index in [4.69, 9.17) is 10.5 Å². The highest BCUT2D eigenvalue weighted by atomic mass is 19.4. The minimum absolute atomic E-state index is 0.242. The lowest BCUT2D eigenvalue weighted by Gasteiger charge is -2.23. The van der Waals surface area contributed by atoms with Gasteiger partial charge in [0.2, 0.25) is 5.95 Å². The normalized spacial score (nSPS) is 12.1. The van der Waals surface area contributed by atoms with E-state index in [-0.39, 0.29) is 23.2 Å². The Bertz CT molecular complexity index is 836. The van der Waals surface area contributed by atoms with Crippen LogP contribution in [0.2, 0.25) is 0 Å². The number of anilines is 1. The van der Waals surface area contributed by atoms with Gasteiger partial charge in [-0.1, -0.05) is 31.5 Å². The molecule has 0 atom stereocenters. The molecule has 0 bridgehead atoms. The number of aromatic nitrogens is 2. The van der Waals surface area contributed by atoms with Gasteiger partial charge in [-0.15, -0.1) is 0 Å². The van der Waals surface area contributed by atoms with Crippen LogP contribution in [0.5, 0.6) is 0 Å². The van der Waals surface area contributed by atoms with Gasteiger partial charge in [0.25, 0.3) is 0 Å². The number of rotatable bonds is 7. The second-order valence-corrected chi connectivity index (χ2v) is 7.24. The SMILES string of the molecule is CCCCOC(=O)C(C)(C)Cc1cccc(-c2nc(N)ncc2C(F)(F)F)c1. The van der Waals surface area contributed by atoms with E-state index in [1.54, 1.807) is 32.0 Å². The standard InChI is InChI=1S/C20H24F3N3O2/c1-4-5-9-28-17(27)19(2,3)11-13-7-6-8-14(10-13)16-15(20(21,22)23)12-25-18(24)26-16/h6-8,10,12H,4-5,9,11H2,1-3H3,(H2,24,25,26). The van der Waals surface area contributed by atoms with E-state index >= 15 is 0 Å². The first-order valence-corrected chi connectivity index (χ1v) is 9.01. The van der Waals surface area contributed by atoms with Crippen LogP contribution in [0.3, 0.4) is 0 Å². The quantitative estimate of drug-likeness (QED) is 0.545. The number of carbonyl (C=O) groups excluding carboxylic acids is 1. The molecule has 5 nitrogen and oxygen atoms in total. The van der Waals surface area contributed by atoms with Crippen LogP contribution in [0.15, 0.2) is 30.5 Å². The summed E-state index contributed by atoms with van der Waals surface area (Å²) in [6.07, 6.45) is -1.92. The van der Waals surface area contributed by atoms with Crippen LogP contribution in [-0.2, 0) is 22.1 Å². The van der Waals surface area contributed by atoms with Gasteiger partial charge < -0.3 is 10.5 Å². The second-order valence-electron chi connectivity index (χ2n) is 7.24. The zero-order valence-electron chi connectivity index (χ0n) is 16.1. The molecule has 0 saturated carbocycles. The number of ether oxygens (including phenoxy) is 1. The smallest absolute Gasteiger partial charge is 0.419 e. The highest BCUT2D eigenvalue weighted by Gasteiger charge is 2.35. The zero-order chi connectivity index (χ0) is 20.9. The highest BCUT2D eigenvalue weighted by molar-refractivity contribution is 5.76. The van der Waals surface area contributed by atoms with Crippen molar-refractivity contribution in [3.63, 3.8) is 0 Å². The summed E-state index contributed by atoms with van der Waals surface area (Å²) in [5.74, 6) is -0.582. The number of halogens is 3. The van der Waals surface area contributed by atoms with E-state index in [0.717, 1.165) is 12.8 Å². The zero-order valence-corrected chi connectivity index (χ0v) is 16.1. The van der Waals surface area contributed by atoms with Crippen molar-refractivity contribution < 1.29 is 22.7 Å². The first kappa shape index (κ1) is 21.7. The van der Waals surface area contributed by atoms with Crippen LogP contribution in [-0.4, -0.2) is 22.5 Å². The van der Waals surface area contributed by atoms with Gasteiger partial charge in [-0.2, -0.15) is 13.2 Å². The summed E-state index contributed by atoms with van der Waals surface area (Å²) in [5, 5.41) is 0. The number of hydrogen-bond donors (Lipinski definition) is 1. The minimum atomic E-state index is -4.61. The Labute approximate surface area is 162 Å². The fourth-order valence-electron chi connectivity index (χ4n) is 2.74. The topological polar surface area (TPSA) is 78.1 Å². The van der Waals surface area contributed by atoms with Gasteiger partial charge in [0.05, 0.1) is 17.7 Å². The average Bonchev–Trinajstić information content (AvgIpc) is 2.60. The molecule has 0 aliphatic heterocycles. The Morgan fingerprint density at radius 2 is 1.96 bits per heavy atom. The number of unbranched alkanes of at least 4 members (excludes halogenated alkanes) is 1. The fourth-order valence-corrected chi connectivity index (χ4v) is 2.74. The molecule has 8 heteroatoms. The van der Waals surface area contributed by atoms with Crippen LogP contribution in [0.25, 0.3) is 11.3 Å². The molecule has 0 radical (unpaired) electrons. The van der Waals surface area contributed by atoms with E-state index in [1.165, 1.54) is 6.07 Å². The molecule has 0 fully saturated rings. The molecule has 2 aromatic rings. The average molecular weight is 395 g/mol. The Balaban J connectivity index is 2.31. The van der Waals surface area contributed by atoms with Crippen molar-refractivity contribution in [3.8, 4) is 11.3 Å². The molecule has 1 heterocycles. The summed E-state index contributed by atoms with van der Waals surface area (Å²) in [5.41, 5.74) is 4.38. The van der Waals surface area contributed by atoms with Gasteiger partial charge in [-0.25, -0.2) is 9.97 Å². The number of nitrogens with two attached hydrogens (primary N) is 1. The van der Waals surface area contributed by atoms with Crippen molar-refractivity contribution >= 4 is 11.9 Å². The molecule has 0 aliphatic rings. The Morgan fingerprint density at radius 1 is 1.25 bits per heavy atom. The summed E-state index contributed by atoms with van der Waals surface area (Å²) in [6, 6.07) is 6.48. The van der Waals surface area contributed by atoms with Crippen LogP contribution in [0.4, 0.5) is 19.1 Å². The summed E-state index contributed by atoms with van der Waals surface area (Å²) >= 11 is 0. The van der Waals surface area contributed by atoms with Crippen molar-refractivity contribution in [1.29, 1.82) is 0 Å². The number of alkyl halides is 3. The summed E-state index contributed by atoms with van der Waals surface area (Å²) < 4.78 is 45.2. The molecule has 28 heavy (non-hydrogen) atoms. The maximum atomic E-state index is 13.3. The third kappa shape index (κ3) is 5.43. The maximum Gasteiger partial charge on any atom is 0.419 e. The minimum Gasteiger partial charge on any atom is -0.465 e. The van der Waals surface area contributed by atoms with E-state index in [9.17, 15) is 18.0 Å². The van der Waals surface area contributed by atoms with Crippen molar-refractivity contribution in [2.24, 2.45) is 5.41 Å². The van der Waals surface area contributed by atoms with Gasteiger partial charge in [-0.3, -0.25) is 4.79 Å². The molecule has 1 aromatic carbocycles. The summed E-state index contributed by atoms with van der Waals surface area (Å²) in [4.78, 5) is 19.6. The van der Waals surface area contributed by atoms with Gasteiger partial charge in [0, 0.05) is 11.8 Å². The Kier molecular flexibility index (Phi) is 6.64. The first-order chi connectivity index (χ1) is 13.0. The Hall–Kier alpha value is -2.64. The largest absolute Gasteiger partial charge is 0.465 e. The van der Waals surface area contributed by atoms with Crippen molar-refractivity contribution in [2.75, 3.05) is 12.3 Å². The van der Waals surface area contributed by atoms with Crippen LogP contribution in [0, 0.1) is 5.41 Å². The molecular formula is C20H24F3N3O2. The maximum absolute atomic E-state index is 13.3. The molecule has 2 rings (SSSR count). The number of esters is 1. The van der Waals surface area contributed by atoms with Gasteiger partial charge in [-0.05, 0) is 38.3 Å². The predicted octanol–water partition coefficient (Wildman–Crippen LogP) is 4.66. The monoisotopic (exact) mass is 395 g/mol. The van der Waals surface area contributed by atoms with Gasteiger partial charge in [0.1, 0.15) is 5.56 Å². The van der Waals surface area contributed by atoms with E-state index < -0.39 is 17.2 Å². The Morgan fingerprint density at radius 3 is 2.61 bits per heavy atom. The summed E-state index contributed by atoms with van der Waals surface area (Å²) in [7, 11) is 0. The molecular weight excluding hydrogens is 371 g/mol. The molecule has 1 aromatic heterocycles. The molecule has 2 N–H and O–H groups in total. The lowest BCUT2D eigenvalue weighted by Crippen LogP contribution is -2.29. The van der Waals surface area contributed by atoms with E-state index in [2.05, 4.69) is 9.97 Å². The third-order valence-electron chi connectivity index (χ3n) is 4.24. The number of hydrogen-bond acceptors (Lipinski definition) is 5. The van der Waals surface area contributed by atoms with Crippen molar-refractivity contribution in [3.05, 3.63) is 41.6 Å². The third-order valence-corrected chi connectivity index (χ3v) is 4.24. The lowest BCUT2D eigenvalue weighted by molar-refractivity contribution is -0.154. The van der Waals surface area contributed by atoms with Crippen LogP contribution in [0.1, 0.15) is 44.7 Å². The molecule has 152 valence electrons. The predicted molar refractivity (Wildman–Crippen MR) is 100 cm³/mol. The molecule has 0 saturated heterocycles. The van der Waals surface area contributed by atoms with E-state index in [0.29, 0.717) is 24.8 Å². The fraction of sp³-hybridized carbons (Fsp3) is 0.450. The number of carbonyl (C=O) groups is 1. The number of nitrogen functional groups attached to an aromatic ring is 1. The van der Waals surface area contributed by atoms with Crippen molar-refractivity contribution in [2.45, 2.75) is 46.2 Å². The number of benzene rings is 1. The highest BCUT2D eigenvalue weighted by Crippen LogP contribution is 2.36. The van der Waals surface area contributed by atoms with Crippen LogP contribution >= 0.6 is 0 Å². The summed E-state index contributed by atoms with van der Waals surface area (Å²) in [6.45, 7) is 5.85. The lowest BCUT2D eigenvalue weighted by atomic mass is 9.85. The van der Waals surface area contributed by atoms with Crippen LogP contribution < -0.4 is 5.73 Å². The van der Waals surface area contributed by atoms with Gasteiger partial charge >= 0.3 is 12.1 Å². The molecule has 0 spiro atoms. The molecule has 0 unspecified atom stereocenters. The van der Waals surface area contributed by atoms with Crippen molar-refractivity contribution in [1.82, 2.24) is 9.97 Å². The first-order valence-electron chi connectivity index (χ1n) is 9.01. The second kappa shape index (κ2) is 8.58. The van der Waals surface area contributed by atoms with E-state index in [1.807, 2.05) is 6.92 Å².